The van der Waals surface area contributed by atoms with Crippen molar-refractivity contribution in [2.45, 2.75) is 12.6 Å². The number of nitrogens with zero attached hydrogens (tertiary/aromatic N) is 1. The van der Waals surface area contributed by atoms with Gasteiger partial charge in [0.05, 0.1) is 5.69 Å². The molecule has 1 fully saturated rings. The third kappa shape index (κ3) is 2.06. The van der Waals surface area contributed by atoms with E-state index in [0.717, 1.165) is 11.3 Å². The summed E-state index contributed by atoms with van der Waals surface area (Å²) in [5.41, 5.74) is 4.47. The summed E-state index contributed by atoms with van der Waals surface area (Å²) >= 11 is 0. The molecule has 1 unspecified atom stereocenters. The average molecular weight is 253 g/mol. The zero-order valence-electron chi connectivity index (χ0n) is 10.6. The lowest BCUT2D eigenvalue weighted by Crippen LogP contribution is -2.45. The van der Waals surface area contributed by atoms with Gasteiger partial charge < -0.3 is 5.32 Å². The molecule has 0 radical (unpaired) electrons. The maximum atomic E-state index is 12.1. The standard InChI is InChI=1S/C15H15N3O/c1-15(12-8-4-2-5-9-12)16-14(19)18(17-15)13-10-6-3-7-11-13/h2-11,17H,1H3,(H,16,19). The molecular formula is C15H15N3O. The summed E-state index contributed by atoms with van der Waals surface area (Å²) in [6.45, 7) is 1.95. The largest absolute Gasteiger partial charge is 0.338 e. The van der Waals surface area contributed by atoms with E-state index < -0.39 is 5.66 Å². The van der Waals surface area contributed by atoms with Crippen molar-refractivity contribution in [3.8, 4) is 0 Å². The maximum absolute atomic E-state index is 12.1. The van der Waals surface area contributed by atoms with Crippen LogP contribution in [0.2, 0.25) is 0 Å². The molecule has 0 saturated carbocycles. The highest BCUT2D eigenvalue weighted by Crippen LogP contribution is 2.25. The Kier molecular flexibility index (Phi) is 2.72. The first-order valence-electron chi connectivity index (χ1n) is 6.20. The van der Waals surface area contributed by atoms with Crippen LogP contribution in [-0.4, -0.2) is 6.03 Å². The second kappa shape index (κ2) is 4.40. The van der Waals surface area contributed by atoms with E-state index in [4.69, 9.17) is 0 Å². The minimum Gasteiger partial charge on any atom is -0.313 e. The van der Waals surface area contributed by atoms with Crippen molar-refractivity contribution in [1.82, 2.24) is 10.7 Å². The van der Waals surface area contributed by atoms with Crippen LogP contribution in [0.5, 0.6) is 0 Å². The monoisotopic (exact) mass is 253 g/mol. The van der Waals surface area contributed by atoms with Crippen LogP contribution in [0.25, 0.3) is 0 Å². The van der Waals surface area contributed by atoms with Crippen LogP contribution in [-0.2, 0) is 5.66 Å². The van der Waals surface area contributed by atoms with E-state index in [0.29, 0.717) is 0 Å². The third-order valence-electron chi connectivity index (χ3n) is 3.26. The molecule has 4 nitrogen and oxygen atoms in total. The van der Waals surface area contributed by atoms with Crippen LogP contribution in [0.4, 0.5) is 10.5 Å². The quantitative estimate of drug-likeness (QED) is 0.864. The molecule has 2 N–H and O–H groups in total. The number of amides is 2. The van der Waals surface area contributed by atoms with Crippen LogP contribution in [0, 0.1) is 0 Å². The highest BCUT2D eigenvalue weighted by Gasteiger charge is 2.40. The SMILES string of the molecule is CC1(c2ccccc2)NC(=O)N(c2ccccc2)N1. The molecule has 1 atom stereocenters. The van der Waals surface area contributed by atoms with Crippen LogP contribution in [0.15, 0.2) is 60.7 Å². The minimum absolute atomic E-state index is 0.155. The molecule has 0 bridgehead atoms. The number of anilines is 1. The first-order valence-corrected chi connectivity index (χ1v) is 6.20. The Balaban J connectivity index is 1.92. The van der Waals surface area contributed by atoms with Crippen molar-refractivity contribution >= 4 is 11.7 Å². The van der Waals surface area contributed by atoms with Gasteiger partial charge >= 0.3 is 6.03 Å². The van der Waals surface area contributed by atoms with E-state index in [1.807, 2.05) is 67.6 Å². The van der Waals surface area contributed by atoms with Gasteiger partial charge in [0, 0.05) is 0 Å². The molecule has 96 valence electrons. The second-order valence-corrected chi connectivity index (χ2v) is 4.70. The molecule has 0 aliphatic carbocycles. The highest BCUT2D eigenvalue weighted by atomic mass is 16.2. The highest BCUT2D eigenvalue weighted by molar-refractivity contribution is 5.93. The molecule has 3 rings (SSSR count). The maximum Gasteiger partial charge on any atom is 0.338 e. The molecule has 4 heteroatoms. The van der Waals surface area contributed by atoms with E-state index in [1.165, 1.54) is 5.01 Å². The van der Waals surface area contributed by atoms with Crippen LogP contribution >= 0.6 is 0 Å². The molecule has 2 amide bonds. The van der Waals surface area contributed by atoms with Crippen molar-refractivity contribution in [1.29, 1.82) is 0 Å². The zero-order valence-corrected chi connectivity index (χ0v) is 10.6. The number of benzene rings is 2. The Hall–Kier alpha value is -2.33. The van der Waals surface area contributed by atoms with E-state index in [9.17, 15) is 4.79 Å². The number of para-hydroxylation sites is 1. The molecule has 2 aromatic carbocycles. The fourth-order valence-corrected chi connectivity index (χ4v) is 2.24. The second-order valence-electron chi connectivity index (χ2n) is 4.70. The Labute approximate surface area is 112 Å². The number of carbonyl (C=O) groups is 1. The van der Waals surface area contributed by atoms with Gasteiger partial charge in [-0.1, -0.05) is 48.5 Å². The van der Waals surface area contributed by atoms with Crippen molar-refractivity contribution in [2.75, 3.05) is 5.01 Å². The first-order chi connectivity index (χ1) is 9.19. The summed E-state index contributed by atoms with van der Waals surface area (Å²) < 4.78 is 0. The van der Waals surface area contributed by atoms with Crippen LogP contribution < -0.4 is 15.8 Å². The van der Waals surface area contributed by atoms with Crippen molar-refractivity contribution in [2.24, 2.45) is 0 Å². The third-order valence-corrected chi connectivity index (χ3v) is 3.26. The smallest absolute Gasteiger partial charge is 0.313 e. The summed E-state index contributed by atoms with van der Waals surface area (Å²) in [5.74, 6) is 0. The molecule has 1 aliphatic heterocycles. The molecule has 0 aromatic heterocycles. The Bertz CT molecular complexity index is 585. The summed E-state index contributed by atoms with van der Waals surface area (Å²) in [6, 6.07) is 19.2. The lowest BCUT2D eigenvalue weighted by molar-refractivity contribution is 0.248. The van der Waals surface area contributed by atoms with E-state index in [2.05, 4.69) is 10.7 Å². The van der Waals surface area contributed by atoms with Gasteiger partial charge in [-0.2, -0.15) is 5.43 Å². The van der Waals surface area contributed by atoms with E-state index in [1.54, 1.807) is 0 Å². The number of hydrazine groups is 1. The van der Waals surface area contributed by atoms with Gasteiger partial charge in [-0.3, -0.25) is 0 Å². The summed E-state index contributed by atoms with van der Waals surface area (Å²) in [4.78, 5) is 12.1. The van der Waals surface area contributed by atoms with Gasteiger partial charge in [-0.15, -0.1) is 0 Å². The molecule has 19 heavy (non-hydrogen) atoms. The zero-order chi connectivity index (χ0) is 13.3. The fourth-order valence-electron chi connectivity index (χ4n) is 2.24. The van der Waals surface area contributed by atoms with Crippen LogP contribution in [0.3, 0.4) is 0 Å². The van der Waals surface area contributed by atoms with Crippen molar-refractivity contribution in [3.05, 3.63) is 66.2 Å². The summed E-state index contributed by atoms with van der Waals surface area (Å²) in [7, 11) is 0. The molecule has 1 heterocycles. The lowest BCUT2D eigenvalue weighted by atomic mass is 10.0. The van der Waals surface area contributed by atoms with Gasteiger partial charge in [-0.05, 0) is 24.6 Å². The van der Waals surface area contributed by atoms with Crippen molar-refractivity contribution in [3.63, 3.8) is 0 Å². The molecular weight excluding hydrogens is 238 g/mol. The number of hydrogen-bond donors (Lipinski definition) is 2. The predicted molar refractivity (Wildman–Crippen MR) is 74.4 cm³/mol. The number of hydrogen-bond acceptors (Lipinski definition) is 2. The van der Waals surface area contributed by atoms with E-state index >= 15 is 0 Å². The van der Waals surface area contributed by atoms with E-state index in [-0.39, 0.29) is 6.03 Å². The van der Waals surface area contributed by atoms with Gasteiger partial charge in [0.1, 0.15) is 5.66 Å². The van der Waals surface area contributed by atoms with Gasteiger partial charge in [0.25, 0.3) is 0 Å². The summed E-state index contributed by atoms with van der Waals surface area (Å²) in [5, 5.41) is 4.51. The normalized spacial score (nSPS) is 22.4. The molecule has 0 spiro atoms. The number of carbonyl (C=O) groups excluding carboxylic acids is 1. The Morgan fingerprint density at radius 3 is 2.16 bits per heavy atom. The van der Waals surface area contributed by atoms with Gasteiger partial charge in [0.2, 0.25) is 0 Å². The molecule has 1 saturated heterocycles. The average Bonchev–Trinajstić information content (AvgIpc) is 2.77. The Morgan fingerprint density at radius 2 is 1.53 bits per heavy atom. The number of nitrogens with one attached hydrogen (secondary N) is 2. The van der Waals surface area contributed by atoms with Gasteiger partial charge in [-0.25, -0.2) is 9.80 Å². The fraction of sp³-hybridized carbons (Fsp3) is 0.133. The van der Waals surface area contributed by atoms with Crippen molar-refractivity contribution < 1.29 is 4.79 Å². The molecule has 2 aromatic rings. The predicted octanol–water partition coefficient (Wildman–Crippen LogP) is 2.59. The lowest BCUT2D eigenvalue weighted by Gasteiger charge is -2.25. The van der Waals surface area contributed by atoms with Crippen LogP contribution in [0.1, 0.15) is 12.5 Å². The van der Waals surface area contributed by atoms with Gasteiger partial charge in [0.15, 0.2) is 0 Å². The topological polar surface area (TPSA) is 44.4 Å². The number of urea groups is 1. The number of rotatable bonds is 2. The Morgan fingerprint density at radius 1 is 0.947 bits per heavy atom. The summed E-state index contributed by atoms with van der Waals surface area (Å²) in [6.07, 6.45) is 0. The first kappa shape index (κ1) is 11.7. The minimum atomic E-state index is -0.589. The molecule has 1 aliphatic rings.